The molecule has 11 heteroatoms. The van der Waals surface area contributed by atoms with E-state index < -0.39 is 0 Å². The van der Waals surface area contributed by atoms with Gasteiger partial charge in [0, 0.05) is 56.6 Å². The summed E-state index contributed by atoms with van der Waals surface area (Å²) >= 11 is 16.7. The average Bonchev–Trinajstić information content (AvgIpc) is 2.90. The highest BCUT2D eigenvalue weighted by Crippen LogP contribution is 2.30. The van der Waals surface area contributed by atoms with E-state index in [0.29, 0.717) is 60.6 Å². The summed E-state index contributed by atoms with van der Waals surface area (Å²) < 4.78 is 1.68. The van der Waals surface area contributed by atoms with Crippen LogP contribution in [0.3, 0.4) is 0 Å². The smallest absolute Gasteiger partial charge is 0.271 e. The molecule has 0 saturated carbocycles. The fourth-order valence-corrected chi connectivity index (χ4v) is 4.58. The van der Waals surface area contributed by atoms with Gasteiger partial charge < -0.3 is 25.4 Å². The molecule has 1 saturated heterocycles. The van der Waals surface area contributed by atoms with Crippen molar-refractivity contribution in [3.8, 4) is 6.07 Å². The zero-order chi connectivity index (χ0) is 26.4. The Labute approximate surface area is 232 Å². The molecule has 0 unspecified atom stereocenters. The van der Waals surface area contributed by atoms with Crippen molar-refractivity contribution in [3.63, 3.8) is 0 Å². The fraction of sp³-hybridized carbons (Fsp3) is 0.346. The van der Waals surface area contributed by atoms with Gasteiger partial charge in [0.25, 0.3) is 11.5 Å². The van der Waals surface area contributed by atoms with Gasteiger partial charge in [0.15, 0.2) is 0 Å². The van der Waals surface area contributed by atoms with Crippen molar-refractivity contribution in [1.29, 1.82) is 5.26 Å². The third-order valence-corrected chi connectivity index (χ3v) is 6.82. The number of pyridine rings is 1. The number of hydrogen-bond donors (Lipinski definition) is 1. The van der Waals surface area contributed by atoms with Crippen molar-refractivity contribution in [2.45, 2.75) is 6.54 Å². The van der Waals surface area contributed by atoms with E-state index in [1.807, 2.05) is 48.2 Å². The zero-order valence-corrected chi connectivity index (χ0v) is 23.4. The summed E-state index contributed by atoms with van der Waals surface area (Å²) in [5, 5.41) is 11.5. The van der Waals surface area contributed by atoms with Crippen LogP contribution in [0.5, 0.6) is 0 Å². The molecule has 1 amide bonds. The van der Waals surface area contributed by atoms with E-state index in [4.69, 9.17) is 23.2 Å². The molecule has 37 heavy (non-hydrogen) atoms. The van der Waals surface area contributed by atoms with Crippen LogP contribution in [0.15, 0.2) is 47.3 Å². The number of likely N-dealkylation sites (N-methyl/N-ethyl adjacent to an activating group) is 1. The second-order valence-electron chi connectivity index (χ2n) is 8.52. The number of carbonyl (C=O) groups excluding carboxylic acids is 1. The highest BCUT2D eigenvalue weighted by Gasteiger charge is 2.27. The van der Waals surface area contributed by atoms with Crippen LogP contribution in [-0.2, 0) is 6.54 Å². The first-order valence-corrected chi connectivity index (χ1v) is 12.9. The van der Waals surface area contributed by atoms with Gasteiger partial charge in [0.05, 0.1) is 21.2 Å². The van der Waals surface area contributed by atoms with Gasteiger partial charge >= 0.3 is 0 Å². The van der Waals surface area contributed by atoms with Gasteiger partial charge in [-0.2, -0.15) is 5.26 Å². The Morgan fingerprint density at radius 3 is 2.27 bits per heavy atom. The standard InChI is InChI=1S/C25H25Cl2N5O2.CH3Cl.H3N/c1-29(2)9-14-32-22-6-4-3-5-18(22)23(19(16-28)25(32)34)30-10-12-31(13-11-30)24(33)17-7-8-20(26)21(27)15-17;1-2;/h3-8,15H,9-14H2,1-2H3;1H3;1H3. The Balaban J connectivity index is 0.00000157. The molecular formula is C26H31Cl3N6O2. The van der Waals surface area contributed by atoms with Crippen LogP contribution in [0, 0.1) is 11.3 Å². The molecule has 1 fully saturated rings. The number of alkyl halides is 1. The van der Waals surface area contributed by atoms with E-state index in [9.17, 15) is 14.9 Å². The number of nitriles is 1. The van der Waals surface area contributed by atoms with Crippen LogP contribution in [0.4, 0.5) is 5.69 Å². The number of para-hydroxylation sites is 1. The van der Waals surface area contributed by atoms with Crippen LogP contribution in [0.1, 0.15) is 15.9 Å². The number of fused-ring (bicyclic) bond motifs is 1. The van der Waals surface area contributed by atoms with Gasteiger partial charge in [-0.05, 0) is 38.4 Å². The number of aromatic nitrogens is 1. The number of piperazine rings is 1. The lowest BCUT2D eigenvalue weighted by Crippen LogP contribution is -2.49. The molecule has 0 atom stereocenters. The van der Waals surface area contributed by atoms with Crippen LogP contribution < -0.4 is 16.6 Å². The van der Waals surface area contributed by atoms with Crippen LogP contribution in [0.2, 0.25) is 10.0 Å². The number of nitrogens with zero attached hydrogens (tertiary/aromatic N) is 5. The number of hydrogen-bond acceptors (Lipinski definition) is 6. The van der Waals surface area contributed by atoms with Gasteiger partial charge in [-0.3, -0.25) is 9.59 Å². The third-order valence-electron chi connectivity index (χ3n) is 6.08. The molecule has 0 aliphatic carbocycles. The molecule has 0 bridgehead atoms. The van der Waals surface area contributed by atoms with E-state index in [1.165, 1.54) is 6.38 Å². The largest absolute Gasteiger partial charge is 0.366 e. The van der Waals surface area contributed by atoms with E-state index >= 15 is 0 Å². The number of halogens is 3. The Hall–Kier alpha value is -2.80. The predicted octanol–water partition coefficient (Wildman–Crippen LogP) is 4.72. The van der Waals surface area contributed by atoms with Crippen molar-refractivity contribution < 1.29 is 4.79 Å². The normalized spacial score (nSPS) is 13.0. The summed E-state index contributed by atoms with van der Waals surface area (Å²) in [4.78, 5) is 32.1. The second kappa shape index (κ2) is 13.7. The van der Waals surface area contributed by atoms with Crippen LogP contribution >= 0.6 is 34.8 Å². The fourth-order valence-electron chi connectivity index (χ4n) is 4.29. The quantitative estimate of drug-likeness (QED) is 0.449. The van der Waals surface area contributed by atoms with Gasteiger partial charge in [-0.25, -0.2) is 0 Å². The van der Waals surface area contributed by atoms with Gasteiger partial charge in [-0.15, -0.1) is 11.6 Å². The van der Waals surface area contributed by atoms with Crippen LogP contribution in [-0.4, -0.2) is 73.5 Å². The van der Waals surface area contributed by atoms with Gasteiger partial charge in [-0.1, -0.05) is 41.4 Å². The summed E-state index contributed by atoms with van der Waals surface area (Å²) in [5.74, 6) is -0.123. The highest BCUT2D eigenvalue weighted by molar-refractivity contribution is 6.42. The Morgan fingerprint density at radius 2 is 1.68 bits per heavy atom. The summed E-state index contributed by atoms with van der Waals surface area (Å²) in [7, 11) is 3.90. The van der Waals surface area contributed by atoms with Crippen LogP contribution in [0.25, 0.3) is 10.9 Å². The number of carbonyl (C=O) groups is 1. The Bertz CT molecular complexity index is 1340. The number of anilines is 1. The first-order valence-electron chi connectivity index (χ1n) is 11.4. The van der Waals surface area contributed by atoms with E-state index in [-0.39, 0.29) is 23.2 Å². The topological polar surface area (TPSA) is 108 Å². The molecule has 1 aromatic heterocycles. The maximum atomic E-state index is 13.3. The summed E-state index contributed by atoms with van der Waals surface area (Å²) in [6.45, 7) is 3.11. The van der Waals surface area contributed by atoms with E-state index in [1.54, 1.807) is 27.7 Å². The van der Waals surface area contributed by atoms with Crippen molar-refractivity contribution in [2.24, 2.45) is 0 Å². The number of benzene rings is 2. The monoisotopic (exact) mass is 564 g/mol. The molecule has 198 valence electrons. The molecule has 1 aliphatic rings. The minimum absolute atomic E-state index is 0. The van der Waals surface area contributed by atoms with E-state index in [0.717, 1.165) is 10.9 Å². The SMILES string of the molecule is CCl.CN(C)CCn1c(=O)c(C#N)c(N2CCN(C(=O)c3ccc(Cl)c(Cl)c3)CC2)c2ccccc21.N. The summed E-state index contributed by atoms with van der Waals surface area (Å²) in [6.07, 6.45) is 1.47. The molecule has 0 spiro atoms. The minimum atomic E-state index is -0.285. The van der Waals surface area contributed by atoms with Crippen molar-refractivity contribution in [3.05, 3.63) is 74.0 Å². The zero-order valence-electron chi connectivity index (χ0n) is 21.2. The van der Waals surface area contributed by atoms with Crippen molar-refractivity contribution >= 4 is 57.3 Å². The lowest BCUT2D eigenvalue weighted by molar-refractivity contribution is 0.0747. The molecule has 4 rings (SSSR count). The second-order valence-corrected chi connectivity index (χ2v) is 9.34. The lowest BCUT2D eigenvalue weighted by Gasteiger charge is -2.37. The molecule has 8 nitrogen and oxygen atoms in total. The van der Waals surface area contributed by atoms with Gasteiger partial charge in [0.2, 0.25) is 0 Å². The highest BCUT2D eigenvalue weighted by atomic mass is 35.5. The number of amides is 1. The first kappa shape index (κ1) is 30.4. The molecule has 3 aromatic rings. The maximum absolute atomic E-state index is 13.3. The summed E-state index contributed by atoms with van der Waals surface area (Å²) in [5.41, 5.74) is 1.78. The van der Waals surface area contributed by atoms with Crippen molar-refractivity contribution in [1.82, 2.24) is 20.5 Å². The molecular weight excluding hydrogens is 535 g/mol. The van der Waals surface area contributed by atoms with Gasteiger partial charge in [0.1, 0.15) is 11.6 Å². The molecule has 3 N–H and O–H groups in total. The predicted molar refractivity (Wildman–Crippen MR) is 153 cm³/mol. The third kappa shape index (κ3) is 6.56. The molecule has 2 heterocycles. The average molecular weight is 566 g/mol. The Kier molecular flexibility index (Phi) is 11.2. The van der Waals surface area contributed by atoms with E-state index in [2.05, 4.69) is 17.7 Å². The Morgan fingerprint density at radius 1 is 1.03 bits per heavy atom. The van der Waals surface area contributed by atoms with Crippen molar-refractivity contribution in [2.75, 3.05) is 58.1 Å². The lowest BCUT2D eigenvalue weighted by atomic mass is 10.1. The molecule has 2 aromatic carbocycles. The minimum Gasteiger partial charge on any atom is -0.366 e. The first-order chi connectivity index (χ1) is 17.3. The molecule has 1 aliphatic heterocycles. The maximum Gasteiger partial charge on any atom is 0.271 e. The molecule has 0 radical (unpaired) electrons. The summed E-state index contributed by atoms with van der Waals surface area (Å²) in [6, 6.07) is 14.7. The number of rotatable bonds is 5.